The predicted molar refractivity (Wildman–Crippen MR) is 87.3 cm³/mol. The van der Waals surface area contributed by atoms with E-state index in [1.807, 2.05) is 41.8 Å². The summed E-state index contributed by atoms with van der Waals surface area (Å²) in [4.78, 5) is 13.0. The van der Waals surface area contributed by atoms with Gasteiger partial charge in [-0.05, 0) is 35.6 Å². The van der Waals surface area contributed by atoms with Gasteiger partial charge in [-0.2, -0.15) is 0 Å². The summed E-state index contributed by atoms with van der Waals surface area (Å²) >= 11 is 7.37. The van der Waals surface area contributed by atoms with Gasteiger partial charge in [-0.25, -0.2) is 0 Å². The predicted octanol–water partition coefficient (Wildman–Crippen LogP) is 4.03. The molecule has 2 aromatic heterocycles. The second-order valence-corrected chi connectivity index (χ2v) is 6.07. The van der Waals surface area contributed by atoms with E-state index in [0.717, 1.165) is 16.9 Å². The van der Waals surface area contributed by atoms with Gasteiger partial charge in [0.15, 0.2) is 11.5 Å². The molecule has 0 fully saturated rings. The molecule has 0 radical (unpaired) electrons. The molecule has 0 atom stereocenters. The van der Waals surface area contributed by atoms with Crippen molar-refractivity contribution in [2.45, 2.75) is 6.42 Å². The van der Waals surface area contributed by atoms with Crippen LogP contribution in [-0.2, 0) is 6.42 Å². The van der Waals surface area contributed by atoms with E-state index in [4.69, 9.17) is 16.1 Å². The maximum atomic E-state index is 12.0. The molecule has 1 amide bonds. The van der Waals surface area contributed by atoms with Crippen LogP contribution in [0.3, 0.4) is 0 Å². The molecule has 0 aliphatic heterocycles. The van der Waals surface area contributed by atoms with Crippen LogP contribution >= 0.6 is 22.9 Å². The van der Waals surface area contributed by atoms with E-state index in [1.165, 1.54) is 0 Å². The molecule has 0 unspecified atom stereocenters. The zero-order valence-electron chi connectivity index (χ0n) is 11.6. The standard InChI is InChI=1S/C16H13ClN2O2S/c17-12-5-3-11(4-6-12)7-8-18-16(20)13-10-14(21-19-13)15-2-1-9-22-15/h1-6,9-10H,7-8H2,(H,18,20). The molecule has 0 saturated carbocycles. The lowest BCUT2D eigenvalue weighted by Crippen LogP contribution is -2.25. The second-order valence-electron chi connectivity index (χ2n) is 4.69. The summed E-state index contributed by atoms with van der Waals surface area (Å²) in [6.07, 6.45) is 0.735. The Morgan fingerprint density at radius 1 is 1.27 bits per heavy atom. The Kier molecular flexibility index (Phi) is 4.56. The van der Waals surface area contributed by atoms with Crippen molar-refractivity contribution in [3.8, 4) is 10.6 Å². The number of amides is 1. The number of nitrogens with zero attached hydrogens (tertiary/aromatic N) is 1. The third-order valence-corrected chi connectivity index (χ3v) is 4.26. The van der Waals surface area contributed by atoms with Gasteiger partial charge < -0.3 is 9.84 Å². The molecular formula is C16H13ClN2O2S. The maximum absolute atomic E-state index is 12.0. The van der Waals surface area contributed by atoms with Crippen LogP contribution in [0.25, 0.3) is 10.6 Å². The molecule has 6 heteroatoms. The van der Waals surface area contributed by atoms with Gasteiger partial charge in [0, 0.05) is 17.6 Å². The molecule has 0 spiro atoms. The first kappa shape index (κ1) is 14.8. The van der Waals surface area contributed by atoms with Gasteiger partial charge in [-0.3, -0.25) is 4.79 Å². The monoisotopic (exact) mass is 332 g/mol. The summed E-state index contributed by atoms with van der Waals surface area (Å²) in [5.41, 5.74) is 1.41. The van der Waals surface area contributed by atoms with Crippen LogP contribution in [0.2, 0.25) is 5.02 Å². The number of hydrogen-bond donors (Lipinski definition) is 1. The largest absolute Gasteiger partial charge is 0.355 e. The van der Waals surface area contributed by atoms with Gasteiger partial charge >= 0.3 is 0 Å². The fourth-order valence-corrected chi connectivity index (χ4v) is 2.78. The number of carbonyl (C=O) groups is 1. The topological polar surface area (TPSA) is 55.1 Å². The fourth-order valence-electron chi connectivity index (χ4n) is 1.98. The summed E-state index contributed by atoms with van der Waals surface area (Å²) < 4.78 is 5.19. The Hall–Kier alpha value is -2.11. The highest BCUT2D eigenvalue weighted by molar-refractivity contribution is 7.13. The summed E-state index contributed by atoms with van der Waals surface area (Å²) in [5, 5.41) is 9.29. The van der Waals surface area contributed by atoms with E-state index in [2.05, 4.69) is 10.5 Å². The lowest BCUT2D eigenvalue weighted by atomic mass is 10.1. The summed E-state index contributed by atoms with van der Waals surface area (Å²) in [5.74, 6) is 0.373. The van der Waals surface area contributed by atoms with Gasteiger partial charge in [-0.15, -0.1) is 11.3 Å². The SMILES string of the molecule is O=C(NCCc1ccc(Cl)cc1)c1cc(-c2cccs2)on1. The third-order valence-electron chi connectivity index (χ3n) is 3.12. The number of nitrogens with one attached hydrogen (secondary N) is 1. The average Bonchev–Trinajstić information content (AvgIpc) is 3.20. The van der Waals surface area contributed by atoms with Gasteiger partial charge in [0.05, 0.1) is 4.88 Å². The molecule has 0 bridgehead atoms. The minimum Gasteiger partial charge on any atom is -0.355 e. The van der Waals surface area contributed by atoms with Crippen molar-refractivity contribution in [3.05, 3.63) is 64.1 Å². The number of benzene rings is 1. The van der Waals surface area contributed by atoms with Crippen molar-refractivity contribution in [2.75, 3.05) is 6.54 Å². The first-order valence-electron chi connectivity index (χ1n) is 6.75. The highest BCUT2D eigenvalue weighted by Crippen LogP contribution is 2.25. The molecule has 1 N–H and O–H groups in total. The first-order chi connectivity index (χ1) is 10.7. The Balaban J connectivity index is 1.55. The van der Waals surface area contributed by atoms with Crippen LogP contribution < -0.4 is 5.32 Å². The van der Waals surface area contributed by atoms with Crippen molar-refractivity contribution in [2.24, 2.45) is 0 Å². The van der Waals surface area contributed by atoms with Crippen LogP contribution in [0.4, 0.5) is 0 Å². The van der Waals surface area contributed by atoms with Crippen molar-refractivity contribution in [3.63, 3.8) is 0 Å². The number of thiophene rings is 1. The normalized spacial score (nSPS) is 10.6. The maximum Gasteiger partial charge on any atom is 0.273 e. The smallest absolute Gasteiger partial charge is 0.273 e. The van der Waals surface area contributed by atoms with E-state index in [0.29, 0.717) is 23.0 Å². The highest BCUT2D eigenvalue weighted by Gasteiger charge is 2.13. The van der Waals surface area contributed by atoms with Crippen LogP contribution in [0.1, 0.15) is 16.1 Å². The van der Waals surface area contributed by atoms with Crippen molar-refractivity contribution in [1.29, 1.82) is 0 Å². The van der Waals surface area contributed by atoms with E-state index in [1.54, 1.807) is 17.4 Å². The molecule has 3 aromatic rings. The molecule has 0 saturated heterocycles. The molecule has 3 rings (SSSR count). The third kappa shape index (κ3) is 3.55. The molecule has 22 heavy (non-hydrogen) atoms. The lowest BCUT2D eigenvalue weighted by molar-refractivity contribution is 0.0945. The minimum absolute atomic E-state index is 0.236. The summed E-state index contributed by atoms with van der Waals surface area (Å²) in [7, 11) is 0. The molecule has 1 aromatic carbocycles. The van der Waals surface area contributed by atoms with Crippen LogP contribution in [0, 0.1) is 0 Å². The number of carbonyl (C=O) groups excluding carboxylic acids is 1. The average molecular weight is 333 g/mol. The summed E-state index contributed by atoms with van der Waals surface area (Å²) in [6.45, 7) is 0.529. The quantitative estimate of drug-likeness (QED) is 0.767. The van der Waals surface area contributed by atoms with Crippen molar-refractivity contribution < 1.29 is 9.32 Å². The number of hydrogen-bond acceptors (Lipinski definition) is 4. The van der Waals surface area contributed by atoms with Crippen LogP contribution in [0.5, 0.6) is 0 Å². The number of halogens is 1. The van der Waals surface area contributed by atoms with Gasteiger partial charge in [0.25, 0.3) is 5.91 Å². The molecule has 4 nitrogen and oxygen atoms in total. The van der Waals surface area contributed by atoms with E-state index in [-0.39, 0.29) is 5.91 Å². The van der Waals surface area contributed by atoms with Crippen molar-refractivity contribution >= 4 is 28.8 Å². The molecular weight excluding hydrogens is 320 g/mol. The number of aromatic nitrogens is 1. The highest BCUT2D eigenvalue weighted by atomic mass is 35.5. The molecule has 112 valence electrons. The number of rotatable bonds is 5. The van der Waals surface area contributed by atoms with E-state index < -0.39 is 0 Å². The molecule has 0 aliphatic carbocycles. The Labute approximate surface area is 136 Å². The zero-order valence-corrected chi connectivity index (χ0v) is 13.2. The van der Waals surface area contributed by atoms with Gasteiger partial charge in [-0.1, -0.05) is 35.0 Å². The van der Waals surface area contributed by atoms with E-state index >= 15 is 0 Å². The Bertz CT molecular complexity index is 751. The zero-order chi connectivity index (χ0) is 15.4. The Morgan fingerprint density at radius 3 is 2.82 bits per heavy atom. The van der Waals surface area contributed by atoms with Crippen LogP contribution in [-0.4, -0.2) is 17.6 Å². The van der Waals surface area contributed by atoms with Crippen LogP contribution in [0.15, 0.2) is 52.4 Å². The molecule has 0 aliphatic rings. The Morgan fingerprint density at radius 2 is 2.09 bits per heavy atom. The van der Waals surface area contributed by atoms with Gasteiger partial charge in [0.1, 0.15) is 0 Å². The van der Waals surface area contributed by atoms with E-state index in [9.17, 15) is 4.79 Å². The minimum atomic E-state index is -0.236. The first-order valence-corrected chi connectivity index (χ1v) is 8.01. The lowest BCUT2D eigenvalue weighted by Gasteiger charge is -2.03. The molecule has 2 heterocycles. The summed E-state index contributed by atoms with van der Waals surface area (Å²) in [6, 6.07) is 13.1. The second kappa shape index (κ2) is 6.77. The van der Waals surface area contributed by atoms with Gasteiger partial charge in [0.2, 0.25) is 0 Å². The fraction of sp³-hybridized carbons (Fsp3) is 0.125. The van der Waals surface area contributed by atoms with Crippen molar-refractivity contribution in [1.82, 2.24) is 10.5 Å².